The van der Waals surface area contributed by atoms with E-state index < -0.39 is 0 Å². The normalized spacial score (nSPS) is 22.9. The number of hydrogen-bond acceptors (Lipinski definition) is 3. The molecule has 0 amide bonds. The topological polar surface area (TPSA) is 56.9 Å². The predicted molar refractivity (Wildman–Crippen MR) is 50.7 cm³/mol. The Labute approximate surface area is 76.4 Å². The fourth-order valence-electron chi connectivity index (χ4n) is 1.57. The first-order chi connectivity index (χ1) is 6.38. The number of piperazine rings is 1. The molecule has 0 saturated carbocycles. The summed E-state index contributed by atoms with van der Waals surface area (Å²) in [5, 5.41) is 6.54. The SMILES string of the molecule is O=c1cc[nH]cc1[C@H]1CNCCN1. The smallest absolute Gasteiger partial charge is 0.186 e. The standard InChI is InChI=1S/C9H13N3O/c13-9-1-2-10-5-7(9)8-6-11-3-4-12-8/h1-2,5,8,11-12H,3-4,6H2,(H,10,13)/t8-/m1/s1. The van der Waals surface area contributed by atoms with Gasteiger partial charge < -0.3 is 15.6 Å². The number of rotatable bonds is 1. The highest BCUT2D eigenvalue weighted by Crippen LogP contribution is 2.06. The zero-order chi connectivity index (χ0) is 9.10. The summed E-state index contributed by atoms with van der Waals surface area (Å²) in [6.45, 7) is 2.72. The molecule has 4 nitrogen and oxygen atoms in total. The number of aromatic amines is 1. The first-order valence-corrected chi connectivity index (χ1v) is 4.49. The lowest BCUT2D eigenvalue weighted by molar-refractivity contribution is 0.428. The molecule has 0 bridgehead atoms. The molecule has 0 spiro atoms. The molecule has 3 N–H and O–H groups in total. The van der Waals surface area contributed by atoms with E-state index in [-0.39, 0.29) is 11.5 Å². The van der Waals surface area contributed by atoms with E-state index in [1.54, 1.807) is 18.5 Å². The van der Waals surface area contributed by atoms with E-state index in [1.165, 1.54) is 0 Å². The van der Waals surface area contributed by atoms with Gasteiger partial charge in [-0.15, -0.1) is 0 Å². The number of hydrogen-bond donors (Lipinski definition) is 3. The van der Waals surface area contributed by atoms with E-state index in [2.05, 4.69) is 15.6 Å². The first-order valence-electron chi connectivity index (χ1n) is 4.49. The quantitative estimate of drug-likeness (QED) is 0.550. The predicted octanol–water partition coefficient (Wildman–Crippen LogP) is -0.391. The van der Waals surface area contributed by atoms with Crippen LogP contribution in [0.2, 0.25) is 0 Å². The molecule has 1 aliphatic rings. The third-order valence-electron chi connectivity index (χ3n) is 2.27. The summed E-state index contributed by atoms with van der Waals surface area (Å²) >= 11 is 0. The van der Waals surface area contributed by atoms with E-state index in [4.69, 9.17) is 0 Å². The number of aromatic nitrogens is 1. The minimum Gasteiger partial charge on any atom is -0.367 e. The summed E-state index contributed by atoms with van der Waals surface area (Å²) in [5.74, 6) is 0. The number of nitrogens with one attached hydrogen (secondary N) is 3. The van der Waals surface area contributed by atoms with Crippen molar-refractivity contribution >= 4 is 0 Å². The Morgan fingerprint density at radius 1 is 1.38 bits per heavy atom. The fraction of sp³-hybridized carbons (Fsp3) is 0.444. The van der Waals surface area contributed by atoms with Crippen LogP contribution in [-0.2, 0) is 0 Å². The van der Waals surface area contributed by atoms with Crippen molar-refractivity contribution in [2.75, 3.05) is 19.6 Å². The van der Waals surface area contributed by atoms with Crippen molar-refractivity contribution in [3.8, 4) is 0 Å². The maximum atomic E-state index is 11.4. The average molecular weight is 179 g/mol. The highest BCUT2D eigenvalue weighted by molar-refractivity contribution is 5.15. The van der Waals surface area contributed by atoms with Crippen molar-refractivity contribution in [3.05, 3.63) is 34.2 Å². The van der Waals surface area contributed by atoms with Crippen LogP contribution in [0.1, 0.15) is 11.6 Å². The second-order valence-electron chi connectivity index (χ2n) is 3.17. The van der Waals surface area contributed by atoms with E-state index in [0.29, 0.717) is 0 Å². The molecule has 13 heavy (non-hydrogen) atoms. The van der Waals surface area contributed by atoms with E-state index in [1.807, 2.05) is 0 Å². The highest BCUT2D eigenvalue weighted by atomic mass is 16.1. The van der Waals surface area contributed by atoms with Crippen LogP contribution in [0.25, 0.3) is 0 Å². The van der Waals surface area contributed by atoms with Gasteiger partial charge in [0.1, 0.15) is 0 Å². The second-order valence-corrected chi connectivity index (χ2v) is 3.17. The second kappa shape index (κ2) is 3.72. The highest BCUT2D eigenvalue weighted by Gasteiger charge is 2.15. The average Bonchev–Trinajstić information content (AvgIpc) is 2.20. The van der Waals surface area contributed by atoms with Gasteiger partial charge in [0, 0.05) is 43.7 Å². The van der Waals surface area contributed by atoms with Gasteiger partial charge in [0.25, 0.3) is 0 Å². The molecule has 4 heteroatoms. The fourth-order valence-corrected chi connectivity index (χ4v) is 1.57. The molecule has 1 aromatic rings. The van der Waals surface area contributed by atoms with Gasteiger partial charge in [-0.3, -0.25) is 4.79 Å². The Bertz CT molecular complexity index is 328. The van der Waals surface area contributed by atoms with E-state index in [0.717, 1.165) is 25.2 Å². The lowest BCUT2D eigenvalue weighted by Gasteiger charge is -2.23. The molecule has 2 rings (SSSR count). The van der Waals surface area contributed by atoms with Gasteiger partial charge in [0.15, 0.2) is 5.43 Å². The van der Waals surface area contributed by atoms with Crippen molar-refractivity contribution < 1.29 is 0 Å². The lowest BCUT2D eigenvalue weighted by atomic mass is 10.1. The molecule has 1 aliphatic heterocycles. The molecule has 0 aromatic carbocycles. The Balaban J connectivity index is 2.24. The Hall–Kier alpha value is -1.13. The minimum absolute atomic E-state index is 0.0972. The van der Waals surface area contributed by atoms with Crippen LogP contribution in [0.3, 0.4) is 0 Å². The van der Waals surface area contributed by atoms with Crippen LogP contribution in [-0.4, -0.2) is 24.6 Å². The minimum atomic E-state index is 0.0972. The molecule has 0 radical (unpaired) electrons. The maximum absolute atomic E-state index is 11.4. The molecule has 0 unspecified atom stereocenters. The monoisotopic (exact) mass is 179 g/mol. The molecule has 1 saturated heterocycles. The molecular weight excluding hydrogens is 166 g/mol. The van der Waals surface area contributed by atoms with Gasteiger partial charge >= 0.3 is 0 Å². The Morgan fingerprint density at radius 3 is 3.00 bits per heavy atom. The summed E-state index contributed by atoms with van der Waals surface area (Å²) in [4.78, 5) is 14.4. The van der Waals surface area contributed by atoms with Crippen molar-refractivity contribution in [1.29, 1.82) is 0 Å². The number of pyridine rings is 1. The van der Waals surface area contributed by atoms with Crippen LogP contribution < -0.4 is 16.1 Å². The summed E-state index contributed by atoms with van der Waals surface area (Å²) in [5.41, 5.74) is 0.912. The molecular formula is C9H13N3O. The summed E-state index contributed by atoms with van der Waals surface area (Å²) < 4.78 is 0. The van der Waals surface area contributed by atoms with Crippen molar-refractivity contribution in [2.24, 2.45) is 0 Å². The van der Waals surface area contributed by atoms with Gasteiger partial charge in [-0.1, -0.05) is 0 Å². The zero-order valence-electron chi connectivity index (χ0n) is 7.34. The van der Waals surface area contributed by atoms with Gasteiger partial charge in [-0.25, -0.2) is 0 Å². The lowest BCUT2D eigenvalue weighted by Crippen LogP contribution is -2.44. The molecule has 0 aliphatic carbocycles. The Kier molecular flexibility index (Phi) is 2.42. The van der Waals surface area contributed by atoms with E-state index >= 15 is 0 Å². The van der Waals surface area contributed by atoms with Crippen molar-refractivity contribution in [2.45, 2.75) is 6.04 Å². The van der Waals surface area contributed by atoms with Gasteiger partial charge in [-0.2, -0.15) is 0 Å². The van der Waals surface area contributed by atoms with Crippen molar-refractivity contribution in [3.63, 3.8) is 0 Å². The van der Waals surface area contributed by atoms with E-state index in [9.17, 15) is 4.79 Å². The molecule has 1 atom stereocenters. The summed E-state index contributed by atoms with van der Waals surface area (Å²) in [7, 11) is 0. The van der Waals surface area contributed by atoms with Crippen LogP contribution in [0.15, 0.2) is 23.3 Å². The van der Waals surface area contributed by atoms with Crippen LogP contribution in [0, 0.1) is 0 Å². The molecule has 2 heterocycles. The molecule has 1 aromatic heterocycles. The largest absolute Gasteiger partial charge is 0.367 e. The third-order valence-corrected chi connectivity index (χ3v) is 2.27. The van der Waals surface area contributed by atoms with Crippen LogP contribution in [0.5, 0.6) is 0 Å². The Morgan fingerprint density at radius 2 is 2.31 bits per heavy atom. The third kappa shape index (κ3) is 1.79. The van der Waals surface area contributed by atoms with Gasteiger partial charge in [0.2, 0.25) is 0 Å². The summed E-state index contributed by atoms with van der Waals surface area (Å²) in [6.07, 6.45) is 3.43. The molecule has 1 fully saturated rings. The van der Waals surface area contributed by atoms with Gasteiger partial charge in [-0.05, 0) is 0 Å². The number of H-pyrrole nitrogens is 1. The first kappa shape index (κ1) is 8.47. The molecule has 70 valence electrons. The summed E-state index contributed by atoms with van der Waals surface area (Å²) in [6, 6.07) is 1.71. The van der Waals surface area contributed by atoms with Gasteiger partial charge in [0.05, 0.1) is 6.04 Å². The van der Waals surface area contributed by atoms with Crippen molar-refractivity contribution in [1.82, 2.24) is 15.6 Å². The van der Waals surface area contributed by atoms with Crippen LogP contribution >= 0.6 is 0 Å². The van der Waals surface area contributed by atoms with Crippen LogP contribution in [0.4, 0.5) is 0 Å². The zero-order valence-corrected chi connectivity index (χ0v) is 7.34. The maximum Gasteiger partial charge on any atom is 0.186 e.